The molecule has 1 unspecified atom stereocenters. The fourth-order valence-electron chi connectivity index (χ4n) is 1.83. The highest BCUT2D eigenvalue weighted by Crippen LogP contribution is 2.12. The lowest BCUT2D eigenvalue weighted by Gasteiger charge is -2.14. The molecule has 19 heavy (non-hydrogen) atoms. The summed E-state index contributed by atoms with van der Waals surface area (Å²) < 4.78 is 10.4. The summed E-state index contributed by atoms with van der Waals surface area (Å²) in [5, 5.41) is 7.26. The molecule has 2 rings (SSSR count). The highest BCUT2D eigenvalue weighted by molar-refractivity contribution is 5.46. The second-order valence-corrected chi connectivity index (χ2v) is 4.14. The van der Waals surface area contributed by atoms with Gasteiger partial charge in [0.2, 0.25) is 11.7 Å². The minimum atomic E-state index is 0.173. The predicted molar refractivity (Wildman–Crippen MR) is 70.6 cm³/mol. The number of methoxy groups -OCH3 is 1. The molecule has 0 radical (unpaired) electrons. The van der Waals surface area contributed by atoms with Crippen molar-refractivity contribution in [3.63, 3.8) is 0 Å². The Hall–Kier alpha value is -1.79. The minimum absolute atomic E-state index is 0.173. The third-order valence-electron chi connectivity index (χ3n) is 2.64. The van der Waals surface area contributed by atoms with E-state index in [1.165, 1.54) is 0 Å². The highest BCUT2D eigenvalue weighted by atomic mass is 16.5. The highest BCUT2D eigenvalue weighted by Gasteiger charge is 2.14. The summed E-state index contributed by atoms with van der Waals surface area (Å²) in [6.07, 6.45) is 2.35. The summed E-state index contributed by atoms with van der Waals surface area (Å²) in [7, 11) is 1.68. The van der Waals surface area contributed by atoms with Gasteiger partial charge in [-0.1, -0.05) is 18.1 Å². The molecule has 0 spiro atoms. The van der Waals surface area contributed by atoms with Crippen molar-refractivity contribution in [2.24, 2.45) is 0 Å². The van der Waals surface area contributed by atoms with Gasteiger partial charge in [-0.3, -0.25) is 4.98 Å². The van der Waals surface area contributed by atoms with Gasteiger partial charge in [-0.2, -0.15) is 4.98 Å². The Morgan fingerprint density at radius 2 is 2.32 bits per heavy atom. The van der Waals surface area contributed by atoms with Gasteiger partial charge in [0.1, 0.15) is 5.69 Å². The number of hydrogen-bond donors (Lipinski definition) is 1. The zero-order chi connectivity index (χ0) is 13.5. The molecule has 0 amide bonds. The van der Waals surface area contributed by atoms with E-state index in [1.807, 2.05) is 18.2 Å². The minimum Gasteiger partial charge on any atom is -0.383 e. The molecule has 0 saturated carbocycles. The lowest BCUT2D eigenvalue weighted by molar-refractivity contribution is 0.162. The zero-order valence-corrected chi connectivity index (χ0v) is 11.2. The lowest BCUT2D eigenvalue weighted by atomic mass is 10.2. The number of hydrogen-bond acceptors (Lipinski definition) is 6. The van der Waals surface area contributed by atoms with Crippen molar-refractivity contribution >= 4 is 0 Å². The molecule has 6 heteroatoms. The molecule has 0 saturated heterocycles. The maximum absolute atomic E-state index is 5.25. The first-order chi connectivity index (χ1) is 9.33. The van der Waals surface area contributed by atoms with Crippen LogP contribution in [-0.2, 0) is 11.2 Å². The van der Waals surface area contributed by atoms with Gasteiger partial charge in [-0.05, 0) is 18.7 Å². The summed E-state index contributed by atoms with van der Waals surface area (Å²) >= 11 is 0. The monoisotopic (exact) mass is 262 g/mol. The van der Waals surface area contributed by atoms with E-state index in [4.69, 9.17) is 9.26 Å². The molecule has 0 bridgehead atoms. The zero-order valence-electron chi connectivity index (χ0n) is 11.2. The van der Waals surface area contributed by atoms with Gasteiger partial charge >= 0.3 is 0 Å². The quantitative estimate of drug-likeness (QED) is 0.810. The third-order valence-corrected chi connectivity index (χ3v) is 2.64. The van der Waals surface area contributed by atoms with Gasteiger partial charge in [0, 0.05) is 25.8 Å². The number of aromatic nitrogens is 3. The second kappa shape index (κ2) is 6.96. The van der Waals surface area contributed by atoms with Crippen molar-refractivity contribution in [1.82, 2.24) is 20.4 Å². The van der Waals surface area contributed by atoms with Crippen LogP contribution in [0.4, 0.5) is 0 Å². The van der Waals surface area contributed by atoms with E-state index >= 15 is 0 Å². The van der Waals surface area contributed by atoms with E-state index in [0.717, 1.165) is 6.54 Å². The Kier molecular flexibility index (Phi) is 5.00. The van der Waals surface area contributed by atoms with Crippen LogP contribution in [0.25, 0.3) is 11.5 Å². The first-order valence-corrected chi connectivity index (χ1v) is 6.29. The molecule has 0 aromatic carbocycles. The number of ether oxygens (including phenoxy) is 1. The second-order valence-electron chi connectivity index (χ2n) is 4.14. The third kappa shape index (κ3) is 3.84. The van der Waals surface area contributed by atoms with Gasteiger partial charge in [0.05, 0.1) is 6.61 Å². The standard InChI is InChI=1S/C13H18N4O2/c1-3-14-10(9-18-2)8-12-16-13(17-19-12)11-6-4-5-7-15-11/h4-7,10,14H,3,8-9H2,1-2H3. The van der Waals surface area contributed by atoms with Crippen LogP contribution >= 0.6 is 0 Å². The van der Waals surface area contributed by atoms with Gasteiger partial charge in [0.25, 0.3) is 0 Å². The summed E-state index contributed by atoms with van der Waals surface area (Å²) in [5.41, 5.74) is 0.712. The van der Waals surface area contributed by atoms with E-state index in [0.29, 0.717) is 30.4 Å². The molecule has 0 fully saturated rings. The summed E-state index contributed by atoms with van der Waals surface area (Å²) in [4.78, 5) is 8.54. The Balaban J connectivity index is 2.04. The molecule has 2 aromatic rings. The fourth-order valence-corrected chi connectivity index (χ4v) is 1.83. The number of nitrogens with one attached hydrogen (secondary N) is 1. The van der Waals surface area contributed by atoms with Gasteiger partial charge in [0.15, 0.2) is 0 Å². The van der Waals surface area contributed by atoms with E-state index in [2.05, 4.69) is 27.4 Å². The van der Waals surface area contributed by atoms with Crippen molar-refractivity contribution in [3.8, 4) is 11.5 Å². The topological polar surface area (TPSA) is 73.1 Å². The molecule has 0 aliphatic carbocycles. The average Bonchev–Trinajstić information content (AvgIpc) is 2.89. The Bertz CT molecular complexity index is 480. The van der Waals surface area contributed by atoms with Crippen LogP contribution in [0.5, 0.6) is 0 Å². The van der Waals surface area contributed by atoms with Crippen molar-refractivity contribution in [2.45, 2.75) is 19.4 Å². The van der Waals surface area contributed by atoms with E-state index < -0.39 is 0 Å². The molecular formula is C13H18N4O2. The molecular weight excluding hydrogens is 244 g/mol. The van der Waals surface area contributed by atoms with Crippen molar-refractivity contribution < 1.29 is 9.26 Å². The van der Waals surface area contributed by atoms with E-state index in [1.54, 1.807) is 13.3 Å². The lowest BCUT2D eigenvalue weighted by Crippen LogP contribution is -2.35. The Morgan fingerprint density at radius 1 is 1.42 bits per heavy atom. The predicted octanol–water partition coefficient (Wildman–Crippen LogP) is 1.30. The maximum Gasteiger partial charge on any atom is 0.228 e. The maximum atomic E-state index is 5.25. The fraction of sp³-hybridized carbons (Fsp3) is 0.462. The van der Waals surface area contributed by atoms with E-state index in [9.17, 15) is 0 Å². The van der Waals surface area contributed by atoms with Crippen LogP contribution in [0.3, 0.4) is 0 Å². The molecule has 2 heterocycles. The normalized spacial score (nSPS) is 12.5. The largest absolute Gasteiger partial charge is 0.383 e. The first-order valence-electron chi connectivity index (χ1n) is 6.29. The van der Waals surface area contributed by atoms with Crippen LogP contribution in [0, 0.1) is 0 Å². The molecule has 1 atom stereocenters. The molecule has 102 valence electrons. The van der Waals surface area contributed by atoms with Gasteiger partial charge < -0.3 is 14.6 Å². The summed E-state index contributed by atoms with van der Waals surface area (Å²) in [5.74, 6) is 1.10. The molecule has 1 N–H and O–H groups in total. The summed E-state index contributed by atoms with van der Waals surface area (Å²) in [6, 6.07) is 5.77. The smallest absolute Gasteiger partial charge is 0.228 e. The van der Waals surface area contributed by atoms with Crippen molar-refractivity contribution in [2.75, 3.05) is 20.3 Å². The number of pyridine rings is 1. The number of rotatable bonds is 7. The van der Waals surface area contributed by atoms with E-state index in [-0.39, 0.29) is 6.04 Å². The Morgan fingerprint density at radius 3 is 3.00 bits per heavy atom. The van der Waals surface area contributed by atoms with Crippen LogP contribution < -0.4 is 5.32 Å². The van der Waals surface area contributed by atoms with Gasteiger partial charge in [-0.15, -0.1) is 0 Å². The van der Waals surface area contributed by atoms with Crippen LogP contribution in [-0.4, -0.2) is 41.4 Å². The molecule has 2 aromatic heterocycles. The Labute approximate surface area is 112 Å². The number of likely N-dealkylation sites (N-methyl/N-ethyl adjacent to an activating group) is 1. The van der Waals surface area contributed by atoms with Crippen molar-refractivity contribution in [1.29, 1.82) is 0 Å². The van der Waals surface area contributed by atoms with Crippen LogP contribution in [0.15, 0.2) is 28.9 Å². The molecule has 6 nitrogen and oxygen atoms in total. The van der Waals surface area contributed by atoms with Crippen LogP contribution in [0.2, 0.25) is 0 Å². The summed E-state index contributed by atoms with van der Waals surface area (Å²) in [6.45, 7) is 3.53. The molecule has 0 aliphatic heterocycles. The number of nitrogens with zero attached hydrogens (tertiary/aromatic N) is 3. The SMILES string of the molecule is CCNC(COC)Cc1nc(-c2ccccn2)no1. The first kappa shape index (κ1) is 13.6. The van der Waals surface area contributed by atoms with Crippen molar-refractivity contribution in [3.05, 3.63) is 30.3 Å². The van der Waals surface area contributed by atoms with Gasteiger partial charge in [-0.25, -0.2) is 0 Å². The average molecular weight is 262 g/mol. The molecule has 0 aliphatic rings. The van der Waals surface area contributed by atoms with Crippen LogP contribution in [0.1, 0.15) is 12.8 Å².